The summed E-state index contributed by atoms with van der Waals surface area (Å²) >= 11 is 0. The Labute approximate surface area is 196 Å². The fourth-order valence-electron chi connectivity index (χ4n) is 6.43. The van der Waals surface area contributed by atoms with Crippen molar-refractivity contribution in [1.82, 2.24) is 15.1 Å². The molecule has 5 rings (SSSR count). The summed E-state index contributed by atoms with van der Waals surface area (Å²) in [5.41, 5.74) is 9.46. The van der Waals surface area contributed by atoms with Gasteiger partial charge in [0.2, 0.25) is 11.8 Å². The average Bonchev–Trinajstić information content (AvgIpc) is 3.43. The smallest absolute Gasteiger partial charge is 0.255 e. The zero-order valence-electron chi connectivity index (χ0n) is 19.4. The fourth-order valence-corrected chi connectivity index (χ4v) is 6.43. The van der Waals surface area contributed by atoms with Crippen molar-refractivity contribution in [3.05, 3.63) is 34.9 Å². The van der Waals surface area contributed by atoms with Gasteiger partial charge in [-0.2, -0.15) is 0 Å². The average molecular weight is 453 g/mol. The van der Waals surface area contributed by atoms with E-state index in [0.717, 1.165) is 37.5 Å². The van der Waals surface area contributed by atoms with Crippen LogP contribution < -0.4 is 11.1 Å². The number of likely N-dealkylation sites (tertiary alicyclic amines) is 1. The van der Waals surface area contributed by atoms with Crippen molar-refractivity contribution in [1.29, 1.82) is 0 Å². The van der Waals surface area contributed by atoms with Gasteiger partial charge in [-0.1, -0.05) is 25.0 Å². The van der Waals surface area contributed by atoms with Gasteiger partial charge in [0.1, 0.15) is 6.04 Å². The molecule has 0 aromatic heterocycles. The van der Waals surface area contributed by atoms with E-state index in [9.17, 15) is 14.4 Å². The number of amides is 3. The third-order valence-corrected chi connectivity index (χ3v) is 8.21. The molecule has 0 bridgehead atoms. The normalized spacial score (nSPS) is 27.7. The van der Waals surface area contributed by atoms with Gasteiger partial charge in [-0.3, -0.25) is 24.6 Å². The van der Waals surface area contributed by atoms with Gasteiger partial charge in [0.15, 0.2) is 0 Å². The van der Waals surface area contributed by atoms with Gasteiger partial charge in [-0.15, -0.1) is 0 Å². The zero-order valence-corrected chi connectivity index (χ0v) is 19.4. The molecule has 1 aromatic rings. The predicted octanol–water partition coefficient (Wildman–Crippen LogP) is 2.57. The Hall–Kier alpha value is -2.25. The van der Waals surface area contributed by atoms with E-state index in [1.165, 1.54) is 44.1 Å². The number of rotatable bonds is 6. The molecule has 1 aliphatic carbocycles. The van der Waals surface area contributed by atoms with Crippen molar-refractivity contribution in [2.24, 2.45) is 17.6 Å². The molecular formula is C26H36N4O3. The summed E-state index contributed by atoms with van der Waals surface area (Å²) in [7, 11) is 0. The second-order valence-electron chi connectivity index (χ2n) is 10.6. The molecular weight excluding hydrogens is 416 g/mol. The summed E-state index contributed by atoms with van der Waals surface area (Å²) in [6.45, 7) is 3.52. The van der Waals surface area contributed by atoms with Gasteiger partial charge >= 0.3 is 0 Å². The highest BCUT2D eigenvalue weighted by molar-refractivity contribution is 6.05. The molecule has 7 nitrogen and oxygen atoms in total. The third-order valence-electron chi connectivity index (χ3n) is 8.21. The quantitative estimate of drug-likeness (QED) is 0.647. The van der Waals surface area contributed by atoms with Crippen LogP contribution in [0.3, 0.4) is 0 Å². The Morgan fingerprint density at radius 1 is 1.06 bits per heavy atom. The molecule has 33 heavy (non-hydrogen) atoms. The van der Waals surface area contributed by atoms with Crippen molar-refractivity contribution in [2.75, 3.05) is 13.1 Å². The molecule has 3 unspecified atom stereocenters. The summed E-state index contributed by atoms with van der Waals surface area (Å²) in [5.74, 6) is 0.676. The van der Waals surface area contributed by atoms with E-state index in [-0.39, 0.29) is 24.1 Å². The Balaban J connectivity index is 1.19. The van der Waals surface area contributed by atoms with Crippen molar-refractivity contribution in [3.63, 3.8) is 0 Å². The van der Waals surface area contributed by atoms with Crippen LogP contribution in [0.4, 0.5) is 0 Å². The Kier molecular flexibility index (Phi) is 6.52. The van der Waals surface area contributed by atoms with Crippen molar-refractivity contribution in [3.8, 4) is 0 Å². The predicted molar refractivity (Wildman–Crippen MR) is 125 cm³/mol. The molecule has 3 heterocycles. The molecule has 3 aliphatic heterocycles. The summed E-state index contributed by atoms with van der Waals surface area (Å²) in [6.07, 6.45) is 9.61. The number of carbonyl (C=O) groups excluding carboxylic acids is 3. The lowest BCUT2D eigenvalue weighted by atomic mass is 9.86. The molecule has 3 N–H and O–H groups in total. The van der Waals surface area contributed by atoms with E-state index in [2.05, 4.69) is 22.3 Å². The summed E-state index contributed by atoms with van der Waals surface area (Å²) in [4.78, 5) is 40.8. The molecule has 4 aliphatic rings. The van der Waals surface area contributed by atoms with Crippen molar-refractivity contribution >= 4 is 17.7 Å². The first-order valence-electron chi connectivity index (χ1n) is 12.7. The lowest BCUT2D eigenvalue weighted by molar-refractivity contribution is -0.136. The van der Waals surface area contributed by atoms with Crippen LogP contribution in [-0.4, -0.2) is 52.7 Å². The fraction of sp³-hybridized carbons (Fsp3) is 0.654. The SMILES string of the molecule is NC(CC1CCCN(Cc2ccc3c(c2)CN(C2CCC(=O)NC2=O)C3=O)C1)C1CCCC1. The number of hydrogen-bond donors (Lipinski definition) is 2. The van der Waals surface area contributed by atoms with E-state index < -0.39 is 6.04 Å². The highest BCUT2D eigenvalue weighted by Gasteiger charge is 2.39. The lowest BCUT2D eigenvalue weighted by Gasteiger charge is -2.35. The summed E-state index contributed by atoms with van der Waals surface area (Å²) in [5, 5.41) is 2.37. The number of benzene rings is 1. The van der Waals surface area contributed by atoms with Gasteiger partial charge in [0.25, 0.3) is 5.91 Å². The van der Waals surface area contributed by atoms with Gasteiger partial charge in [-0.05, 0) is 74.1 Å². The number of nitrogens with two attached hydrogens (primary N) is 1. The minimum atomic E-state index is -0.557. The lowest BCUT2D eigenvalue weighted by Crippen LogP contribution is -2.52. The highest BCUT2D eigenvalue weighted by atomic mass is 16.2. The molecule has 1 aromatic carbocycles. The van der Waals surface area contributed by atoms with Crippen molar-refractivity contribution in [2.45, 2.75) is 83.0 Å². The van der Waals surface area contributed by atoms with Crippen LogP contribution in [-0.2, 0) is 22.7 Å². The van der Waals surface area contributed by atoms with Gasteiger partial charge < -0.3 is 10.6 Å². The molecule has 0 spiro atoms. The highest BCUT2D eigenvalue weighted by Crippen LogP contribution is 2.32. The maximum atomic E-state index is 12.9. The third kappa shape index (κ3) is 4.85. The van der Waals surface area contributed by atoms with E-state index >= 15 is 0 Å². The van der Waals surface area contributed by atoms with Crippen LogP contribution >= 0.6 is 0 Å². The van der Waals surface area contributed by atoms with E-state index in [1.807, 2.05) is 6.07 Å². The number of hydrogen-bond acceptors (Lipinski definition) is 5. The zero-order chi connectivity index (χ0) is 22.9. The molecule has 3 amide bonds. The maximum absolute atomic E-state index is 12.9. The number of imide groups is 1. The first kappa shape index (κ1) is 22.5. The molecule has 3 fully saturated rings. The van der Waals surface area contributed by atoms with Crippen LogP contribution in [0.1, 0.15) is 79.3 Å². The van der Waals surface area contributed by atoms with Gasteiger partial charge in [0.05, 0.1) is 0 Å². The van der Waals surface area contributed by atoms with Crippen LogP contribution in [0.25, 0.3) is 0 Å². The first-order chi connectivity index (χ1) is 16.0. The second-order valence-corrected chi connectivity index (χ2v) is 10.6. The van der Waals surface area contributed by atoms with Crippen LogP contribution in [0.15, 0.2) is 18.2 Å². The number of fused-ring (bicyclic) bond motifs is 1. The molecule has 178 valence electrons. The number of nitrogens with zero attached hydrogens (tertiary/aromatic N) is 2. The van der Waals surface area contributed by atoms with Gasteiger partial charge in [0, 0.05) is 37.7 Å². The van der Waals surface area contributed by atoms with Crippen LogP contribution in [0, 0.1) is 11.8 Å². The number of nitrogens with one attached hydrogen (secondary N) is 1. The molecule has 2 saturated heterocycles. The summed E-state index contributed by atoms with van der Waals surface area (Å²) < 4.78 is 0. The van der Waals surface area contributed by atoms with Crippen LogP contribution in [0.2, 0.25) is 0 Å². The largest absolute Gasteiger partial charge is 0.327 e. The topological polar surface area (TPSA) is 95.7 Å². The summed E-state index contributed by atoms with van der Waals surface area (Å²) in [6, 6.07) is 5.89. The van der Waals surface area contributed by atoms with E-state index in [4.69, 9.17) is 5.73 Å². The Morgan fingerprint density at radius 2 is 1.88 bits per heavy atom. The monoisotopic (exact) mass is 452 g/mol. The minimum Gasteiger partial charge on any atom is -0.327 e. The number of piperidine rings is 2. The Morgan fingerprint density at radius 3 is 2.67 bits per heavy atom. The van der Waals surface area contributed by atoms with Crippen molar-refractivity contribution < 1.29 is 14.4 Å². The molecule has 0 radical (unpaired) electrons. The van der Waals surface area contributed by atoms with E-state index in [0.29, 0.717) is 30.5 Å². The molecule has 7 heteroatoms. The maximum Gasteiger partial charge on any atom is 0.255 e. The Bertz CT molecular complexity index is 926. The van der Waals surface area contributed by atoms with Gasteiger partial charge in [-0.25, -0.2) is 0 Å². The van der Waals surface area contributed by atoms with Crippen LogP contribution in [0.5, 0.6) is 0 Å². The second kappa shape index (κ2) is 9.55. The first-order valence-corrected chi connectivity index (χ1v) is 12.7. The molecule has 1 saturated carbocycles. The molecule has 3 atom stereocenters. The minimum absolute atomic E-state index is 0.106. The number of carbonyl (C=O) groups is 3. The standard InChI is InChI=1S/C26H36N4O3/c27-22(19-5-1-2-6-19)13-17-4-3-11-29(14-17)15-18-7-8-21-20(12-18)16-30(26(21)33)23-9-10-24(31)28-25(23)32/h7-8,12,17,19,22-23H,1-6,9-11,13-16,27H2,(H,28,31,32). The van der Waals surface area contributed by atoms with E-state index in [1.54, 1.807) is 4.90 Å².